The zero-order valence-electron chi connectivity index (χ0n) is 10.8. The number of thiophene rings is 1. The quantitative estimate of drug-likeness (QED) is 0.798. The first-order valence-electron chi connectivity index (χ1n) is 5.90. The molecule has 94 valence electrons. The predicted octanol–water partition coefficient (Wildman–Crippen LogP) is 2.69. The zero-order chi connectivity index (χ0) is 13.3. The van der Waals surface area contributed by atoms with Crippen LogP contribution in [0.15, 0.2) is 4.79 Å². The van der Waals surface area contributed by atoms with Gasteiger partial charge in [-0.05, 0) is 32.8 Å². The van der Waals surface area contributed by atoms with E-state index in [2.05, 4.69) is 11.1 Å². The van der Waals surface area contributed by atoms with E-state index in [-0.39, 0.29) is 5.56 Å². The van der Waals surface area contributed by atoms with Crippen molar-refractivity contribution in [2.75, 3.05) is 0 Å². The molecule has 0 aliphatic rings. The lowest BCUT2D eigenvalue weighted by atomic mass is 10.2. The Morgan fingerprint density at radius 1 is 1.39 bits per heavy atom. The highest BCUT2D eigenvalue weighted by Crippen LogP contribution is 2.26. The Hall–Kier alpha value is -1.67. The minimum absolute atomic E-state index is 0.0253. The minimum Gasteiger partial charge on any atom is -0.296 e. The lowest BCUT2D eigenvalue weighted by Crippen LogP contribution is -2.23. The van der Waals surface area contributed by atoms with E-state index in [0.29, 0.717) is 19.4 Å². The molecule has 18 heavy (non-hydrogen) atoms. The van der Waals surface area contributed by atoms with Crippen molar-refractivity contribution >= 4 is 21.6 Å². The number of nitrogens with zero attached hydrogens (tertiary/aromatic N) is 3. The van der Waals surface area contributed by atoms with Crippen molar-refractivity contribution in [2.45, 2.75) is 40.2 Å². The summed E-state index contributed by atoms with van der Waals surface area (Å²) in [6.07, 6.45) is 1.15. The second-order valence-corrected chi connectivity index (χ2v) is 5.54. The molecular weight excluding hydrogens is 246 g/mol. The SMILES string of the molecule is Cc1sc2nc(C)n(CCCC#N)c(=O)c2c1C. The van der Waals surface area contributed by atoms with Gasteiger partial charge in [0.2, 0.25) is 0 Å². The number of fused-ring (bicyclic) bond motifs is 1. The maximum absolute atomic E-state index is 12.4. The summed E-state index contributed by atoms with van der Waals surface area (Å²) in [5, 5.41) is 9.29. The van der Waals surface area contributed by atoms with Crippen LogP contribution < -0.4 is 5.56 Å². The van der Waals surface area contributed by atoms with Gasteiger partial charge in [-0.25, -0.2) is 4.98 Å². The van der Waals surface area contributed by atoms with E-state index in [1.807, 2.05) is 20.8 Å². The highest BCUT2D eigenvalue weighted by Gasteiger charge is 2.14. The van der Waals surface area contributed by atoms with Gasteiger partial charge in [-0.1, -0.05) is 0 Å². The van der Waals surface area contributed by atoms with Gasteiger partial charge in [-0.2, -0.15) is 5.26 Å². The molecule has 0 bridgehead atoms. The van der Waals surface area contributed by atoms with Gasteiger partial charge in [0, 0.05) is 17.8 Å². The summed E-state index contributed by atoms with van der Waals surface area (Å²) in [6, 6.07) is 2.10. The van der Waals surface area contributed by atoms with Crippen molar-refractivity contribution in [1.82, 2.24) is 9.55 Å². The summed E-state index contributed by atoms with van der Waals surface area (Å²) in [6.45, 7) is 6.38. The molecule has 2 aromatic rings. The molecule has 0 saturated carbocycles. The molecule has 2 aromatic heterocycles. The Kier molecular flexibility index (Phi) is 3.48. The molecule has 0 amide bonds. The van der Waals surface area contributed by atoms with Crippen LogP contribution in [0.3, 0.4) is 0 Å². The van der Waals surface area contributed by atoms with Gasteiger partial charge in [0.1, 0.15) is 10.7 Å². The second-order valence-electron chi connectivity index (χ2n) is 4.34. The Labute approximate surface area is 110 Å². The van der Waals surface area contributed by atoms with Crippen molar-refractivity contribution in [3.63, 3.8) is 0 Å². The fourth-order valence-corrected chi connectivity index (χ4v) is 3.07. The fraction of sp³-hybridized carbons (Fsp3) is 0.462. The number of hydrogen-bond acceptors (Lipinski definition) is 4. The molecule has 4 nitrogen and oxygen atoms in total. The van der Waals surface area contributed by atoms with Crippen LogP contribution in [0.2, 0.25) is 0 Å². The summed E-state index contributed by atoms with van der Waals surface area (Å²) in [4.78, 5) is 18.9. The molecular formula is C13H15N3OS. The number of unbranched alkanes of at least 4 members (excludes halogenated alkanes) is 1. The van der Waals surface area contributed by atoms with Crippen molar-refractivity contribution in [2.24, 2.45) is 0 Å². The fourth-order valence-electron chi connectivity index (χ4n) is 2.01. The lowest BCUT2D eigenvalue weighted by Gasteiger charge is -2.08. The summed E-state index contributed by atoms with van der Waals surface area (Å²) in [7, 11) is 0. The second kappa shape index (κ2) is 4.91. The monoisotopic (exact) mass is 261 g/mol. The summed E-state index contributed by atoms with van der Waals surface area (Å²) < 4.78 is 1.68. The van der Waals surface area contributed by atoms with Gasteiger partial charge in [0.15, 0.2) is 0 Å². The van der Waals surface area contributed by atoms with Gasteiger partial charge >= 0.3 is 0 Å². The van der Waals surface area contributed by atoms with Crippen LogP contribution in [-0.2, 0) is 6.54 Å². The molecule has 0 spiro atoms. The molecule has 0 aliphatic heterocycles. The maximum atomic E-state index is 12.4. The molecule has 5 heteroatoms. The molecule has 0 aromatic carbocycles. The van der Waals surface area contributed by atoms with Gasteiger partial charge < -0.3 is 0 Å². The number of hydrogen-bond donors (Lipinski definition) is 0. The summed E-state index contributed by atoms with van der Waals surface area (Å²) >= 11 is 1.57. The third-order valence-electron chi connectivity index (χ3n) is 3.15. The molecule has 0 fully saturated rings. The van der Waals surface area contributed by atoms with E-state index in [4.69, 9.17) is 5.26 Å². The minimum atomic E-state index is 0.0253. The molecule has 0 radical (unpaired) electrons. The number of rotatable bonds is 3. The van der Waals surface area contributed by atoms with Crippen LogP contribution in [0, 0.1) is 32.1 Å². The number of nitriles is 1. The molecule has 2 rings (SSSR count). The zero-order valence-corrected chi connectivity index (χ0v) is 11.6. The van der Waals surface area contributed by atoms with E-state index in [9.17, 15) is 4.79 Å². The van der Waals surface area contributed by atoms with Crippen LogP contribution in [-0.4, -0.2) is 9.55 Å². The highest BCUT2D eigenvalue weighted by atomic mass is 32.1. The van der Waals surface area contributed by atoms with E-state index in [1.165, 1.54) is 0 Å². The largest absolute Gasteiger partial charge is 0.296 e. The van der Waals surface area contributed by atoms with Crippen molar-refractivity contribution in [3.8, 4) is 6.07 Å². The maximum Gasteiger partial charge on any atom is 0.262 e. The summed E-state index contributed by atoms with van der Waals surface area (Å²) in [5.74, 6) is 0.728. The van der Waals surface area contributed by atoms with Crippen LogP contribution >= 0.6 is 11.3 Å². The molecule has 2 heterocycles. The van der Waals surface area contributed by atoms with Crippen molar-refractivity contribution < 1.29 is 0 Å². The van der Waals surface area contributed by atoms with E-state index in [0.717, 1.165) is 26.5 Å². The topological polar surface area (TPSA) is 58.7 Å². The lowest BCUT2D eigenvalue weighted by molar-refractivity contribution is 0.607. The first-order valence-corrected chi connectivity index (χ1v) is 6.72. The molecule has 0 atom stereocenters. The third kappa shape index (κ3) is 2.04. The third-order valence-corrected chi connectivity index (χ3v) is 4.25. The van der Waals surface area contributed by atoms with Crippen LogP contribution in [0.4, 0.5) is 0 Å². The standard InChI is InChI=1S/C13H15N3OS/c1-8-9(2)18-12-11(8)13(17)16(10(3)15-12)7-5-4-6-14/h4-5,7H2,1-3H3. The highest BCUT2D eigenvalue weighted by molar-refractivity contribution is 7.18. The predicted molar refractivity (Wildman–Crippen MR) is 72.9 cm³/mol. The van der Waals surface area contributed by atoms with Gasteiger partial charge in [0.05, 0.1) is 11.5 Å². The Morgan fingerprint density at radius 3 is 2.78 bits per heavy atom. The smallest absolute Gasteiger partial charge is 0.262 e. The molecule has 0 saturated heterocycles. The van der Waals surface area contributed by atoms with Crippen LogP contribution in [0.1, 0.15) is 29.1 Å². The average Bonchev–Trinajstić information content (AvgIpc) is 2.59. The van der Waals surface area contributed by atoms with Gasteiger partial charge in [0.25, 0.3) is 5.56 Å². The molecule has 0 aliphatic carbocycles. The van der Waals surface area contributed by atoms with Gasteiger partial charge in [-0.15, -0.1) is 11.3 Å². The van der Waals surface area contributed by atoms with Crippen LogP contribution in [0.5, 0.6) is 0 Å². The Bertz CT molecular complexity index is 691. The normalized spacial score (nSPS) is 10.8. The molecule has 0 N–H and O–H groups in total. The average molecular weight is 261 g/mol. The number of aromatic nitrogens is 2. The van der Waals surface area contributed by atoms with Crippen molar-refractivity contribution in [1.29, 1.82) is 5.26 Å². The number of aryl methyl sites for hydroxylation is 3. The van der Waals surface area contributed by atoms with Crippen molar-refractivity contribution in [3.05, 3.63) is 26.6 Å². The van der Waals surface area contributed by atoms with E-state index >= 15 is 0 Å². The van der Waals surface area contributed by atoms with E-state index in [1.54, 1.807) is 15.9 Å². The van der Waals surface area contributed by atoms with E-state index < -0.39 is 0 Å². The van der Waals surface area contributed by atoms with Gasteiger partial charge in [-0.3, -0.25) is 9.36 Å². The Morgan fingerprint density at radius 2 is 2.11 bits per heavy atom. The molecule has 0 unspecified atom stereocenters. The first kappa shape index (κ1) is 12.8. The first-order chi connectivity index (χ1) is 8.56. The van der Waals surface area contributed by atoms with Crippen LogP contribution in [0.25, 0.3) is 10.2 Å². The Balaban J connectivity index is 2.58. The summed E-state index contributed by atoms with van der Waals surface area (Å²) in [5.41, 5.74) is 1.05.